The van der Waals surface area contributed by atoms with E-state index < -0.39 is 0 Å². The molecule has 2 rings (SSSR count). The second kappa shape index (κ2) is 9.17. The van der Waals surface area contributed by atoms with Crippen molar-refractivity contribution in [3.05, 3.63) is 59.2 Å². The van der Waals surface area contributed by atoms with Gasteiger partial charge in [0, 0.05) is 11.1 Å². The first-order chi connectivity index (χ1) is 13.5. The number of ketones is 1. The molecule has 2 aromatic rings. The Kier molecular flexibility index (Phi) is 7.12. The van der Waals surface area contributed by atoms with E-state index in [1.807, 2.05) is 66.7 Å². The molecule has 0 heterocycles. The van der Waals surface area contributed by atoms with Crippen LogP contribution < -0.4 is 9.47 Å². The van der Waals surface area contributed by atoms with Crippen LogP contribution in [0.5, 0.6) is 17.2 Å². The first-order valence-corrected chi connectivity index (χ1v) is 10.0. The molecule has 0 spiro atoms. The van der Waals surface area contributed by atoms with Crippen molar-refractivity contribution < 1.29 is 19.4 Å². The van der Waals surface area contributed by atoms with E-state index in [-0.39, 0.29) is 29.2 Å². The molecule has 0 fully saturated rings. The largest absolute Gasteiger partial charge is 0.502 e. The summed E-state index contributed by atoms with van der Waals surface area (Å²) in [6.45, 7) is 13.8. The molecule has 2 aromatic carbocycles. The fraction of sp³-hybridized carbons (Fsp3) is 0.400. The van der Waals surface area contributed by atoms with Gasteiger partial charge in [-0.15, -0.1) is 0 Å². The highest BCUT2D eigenvalue weighted by atomic mass is 16.5. The highest BCUT2D eigenvalue weighted by molar-refractivity contribution is 6.06. The Morgan fingerprint density at radius 2 is 1.59 bits per heavy atom. The molecule has 0 amide bonds. The Balaban J connectivity index is 2.64. The molecule has 4 nitrogen and oxygen atoms in total. The number of phenols is 1. The summed E-state index contributed by atoms with van der Waals surface area (Å²) < 4.78 is 11.8. The van der Waals surface area contributed by atoms with Crippen molar-refractivity contribution in [3.63, 3.8) is 0 Å². The first kappa shape index (κ1) is 22.5. The standard InChI is InChI=1S/C25H32O4/c1-16(2)28-21-15-19(13-14-20(26)18-11-9-8-10-12-18)22(25(5,6)7)24(23(21)27)29-17(3)4/h8-17,27H,1-7H3. The number of carbonyl (C=O) groups excluding carboxylic acids is 1. The number of ether oxygens (including phenoxy) is 2. The Morgan fingerprint density at radius 1 is 1.00 bits per heavy atom. The summed E-state index contributed by atoms with van der Waals surface area (Å²) in [7, 11) is 0. The Bertz CT molecular complexity index is 872. The van der Waals surface area contributed by atoms with Gasteiger partial charge in [-0.3, -0.25) is 4.79 Å². The Labute approximate surface area is 174 Å². The Morgan fingerprint density at radius 3 is 2.10 bits per heavy atom. The minimum Gasteiger partial charge on any atom is -0.502 e. The van der Waals surface area contributed by atoms with Crippen LogP contribution in [0.15, 0.2) is 42.5 Å². The molecule has 156 valence electrons. The van der Waals surface area contributed by atoms with Gasteiger partial charge in [-0.1, -0.05) is 57.2 Å². The predicted octanol–water partition coefficient (Wildman–Crippen LogP) is 6.16. The Hall–Kier alpha value is -2.75. The summed E-state index contributed by atoms with van der Waals surface area (Å²) >= 11 is 0. The third kappa shape index (κ3) is 5.86. The maximum atomic E-state index is 12.6. The van der Waals surface area contributed by atoms with E-state index in [1.165, 1.54) is 0 Å². The van der Waals surface area contributed by atoms with Crippen LogP contribution in [0.2, 0.25) is 0 Å². The van der Waals surface area contributed by atoms with Crippen LogP contribution in [0, 0.1) is 0 Å². The third-order valence-corrected chi connectivity index (χ3v) is 4.19. The molecule has 0 aromatic heterocycles. The number of hydrogen-bond donors (Lipinski definition) is 1. The highest BCUT2D eigenvalue weighted by Crippen LogP contribution is 2.47. The lowest BCUT2D eigenvalue weighted by atomic mass is 9.82. The van der Waals surface area contributed by atoms with Crippen molar-refractivity contribution in [3.8, 4) is 17.2 Å². The van der Waals surface area contributed by atoms with Gasteiger partial charge in [0.1, 0.15) is 0 Å². The average molecular weight is 397 g/mol. The van der Waals surface area contributed by atoms with Crippen LogP contribution in [0.3, 0.4) is 0 Å². The maximum absolute atomic E-state index is 12.6. The minimum absolute atomic E-state index is 0.0103. The van der Waals surface area contributed by atoms with Crippen LogP contribution in [0.1, 0.15) is 70.0 Å². The molecular formula is C25H32O4. The van der Waals surface area contributed by atoms with E-state index in [1.54, 1.807) is 30.4 Å². The summed E-state index contributed by atoms with van der Waals surface area (Å²) in [5.41, 5.74) is 1.91. The van der Waals surface area contributed by atoms with Gasteiger partial charge in [-0.05, 0) is 50.8 Å². The number of benzene rings is 2. The van der Waals surface area contributed by atoms with E-state index in [2.05, 4.69) is 0 Å². The molecule has 0 saturated heterocycles. The second-order valence-electron chi connectivity index (χ2n) is 8.66. The summed E-state index contributed by atoms with van der Waals surface area (Å²) in [6.07, 6.45) is 3.08. The van der Waals surface area contributed by atoms with Crippen molar-refractivity contribution in [2.45, 2.75) is 66.1 Å². The molecule has 29 heavy (non-hydrogen) atoms. The molecular weight excluding hydrogens is 364 g/mol. The molecule has 1 N–H and O–H groups in total. The zero-order valence-corrected chi connectivity index (χ0v) is 18.4. The van der Waals surface area contributed by atoms with Gasteiger partial charge in [0.2, 0.25) is 5.75 Å². The quantitative estimate of drug-likeness (QED) is 0.450. The molecule has 0 bridgehead atoms. The van der Waals surface area contributed by atoms with Gasteiger partial charge in [-0.2, -0.15) is 0 Å². The molecule has 0 radical (unpaired) electrons. The molecule has 0 aliphatic rings. The minimum atomic E-state index is -0.326. The normalized spacial score (nSPS) is 12.0. The van der Waals surface area contributed by atoms with Crippen molar-refractivity contribution >= 4 is 11.9 Å². The SMILES string of the molecule is CC(C)Oc1cc(C=CC(=O)c2ccccc2)c(C(C)(C)C)c(OC(C)C)c1O. The van der Waals surface area contributed by atoms with Gasteiger partial charge >= 0.3 is 0 Å². The van der Waals surface area contributed by atoms with E-state index in [0.29, 0.717) is 17.1 Å². The highest BCUT2D eigenvalue weighted by Gasteiger charge is 2.28. The summed E-state index contributed by atoms with van der Waals surface area (Å²) in [5, 5.41) is 10.9. The summed E-state index contributed by atoms with van der Waals surface area (Å²) in [6, 6.07) is 10.9. The van der Waals surface area contributed by atoms with E-state index in [0.717, 1.165) is 11.1 Å². The number of hydrogen-bond acceptors (Lipinski definition) is 4. The third-order valence-electron chi connectivity index (χ3n) is 4.19. The van der Waals surface area contributed by atoms with Crippen molar-refractivity contribution in [1.29, 1.82) is 0 Å². The van der Waals surface area contributed by atoms with Gasteiger partial charge in [0.15, 0.2) is 17.3 Å². The van der Waals surface area contributed by atoms with E-state index in [9.17, 15) is 9.90 Å². The number of rotatable bonds is 7. The predicted molar refractivity (Wildman–Crippen MR) is 118 cm³/mol. The zero-order chi connectivity index (χ0) is 21.8. The van der Waals surface area contributed by atoms with Crippen LogP contribution in [-0.2, 0) is 5.41 Å². The van der Waals surface area contributed by atoms with Crippen LogP contribution in [0.25, 0.3) is 6.08 Å². The number of carbonyl (C=O) groups is 1. The molecule has 0 aliphatic carbocycles. The fourth-order valence-corrected chi connectivity index (χ4v) is 3.11. The lowest BCUT2D eigenvalue weighted by Crippen LogP contribution is -2.18. The smallest absolute Gasteiger partial charge is 0.201 e. The molecule has 0 aliphatic heterocycles. The van der Waals surface area contributed by atoms with Crippen LogP contribution in [0.4, 0.5) is 0 Å². The van der Waals surface area contributed by atoms with E-state index >= 15 is 0 Å². The van der Waals surface area contributed by atoms with Crippen molar-refractivity contribution in [2.75, 3.05) is 0 Å². The van der Waals surface area contributed by atoms with Crippen molar-refractivity contribution in [2.24, 2.45) is 0 Å². The molecule has 0 saturated carbocycles. The molecule has 4 heteroatoms. The van der Waals surface area contributed by atoms with Gasteiger partial charge in [-0.25, -0.2) is 0 Å². The van der Waals surface area contributed by atoms with Crippen LogP contribution >= 0.6 is 0 Å². The molecule has 0 atom stereocenters. The maximum Gasteiger partial charge on any atom is 0.201 e. The fourth-order valence-electron chi connectivity index (χ4n) is 3.11. The van der Waals surface area contributed by atoms with Gasteiger partial charge < -0.3 is 14.6 Å². The lowest BCUT2D eigenvalue weighted by molar-refractivity contribution is 0.104. The molecule has 0 unspecified atom stereocenters. The first-order valence-electron chi connectivity index (χ1n) is 10.0. The second-order valence-corrected chi connectivity index (χ2v) is 8.66. The topological polar surface area (TPSA) is 55.8 Å². The number of aromatic hydroxyl groups is 1. The summed E-state index contributed by atoms with van der Waals surface area (Å²) in [5.74, 6) is 0.646. The number of allylic oxidation sites excluding steroid dienone is 1. The van der Waals surface area contributed by atoms with Crippen LogP contribution in [-0.4, -0.2) is 23.1 Å². The lowest BCUT2D eigenvalue weighted by Gasteiger charge is -2.28. The zero-order valence-electron chi connectivity index (χ0n) is 18.4. The van der Waals surface area contributed by atoms with E-state index in [4.69, 9.17) is 9.47 Å². The summed E-state index contributed by atoms with van der Waals surface area (Å²) in [4.78, 5) is 12.6. The van der Waals surface area contributed by atoms with Crippen molar-refractivity contribution in [1.82, 2.24) is 0 Å². The number of phenolic OH excluding ortho intramolecular Hbond substituents is 1. The monoisotopic (exact) mass is 396 g/mol. The van der Waals surface area contributed by atoms with Gasteiger partial charge in [0.05, 0.1) is 12.2 Å². The van der Waals surface area contributed by atoms with Gasteiger partial charge in [0.25, 0.3) is 0 Å². The average Bonchev–Trinajstić information content (AvgIpc) is 2.62.